The third-order valence-corrected chi connectivity index (χ3v) is 7.69. The van der Waals surface area contributed by atoms with Gasteiger partial charge in [-0.1, -0.05) is 12.1 Å². The Bertz CT molecular complexity index is 1970. The van der Waals surface area contributed by atoms with Crippen LogP contribution < -0.4 is 10.3 Å². The summed E-state index contributed by atoms with van der Waals surface area (Å²) >= 11 is 0. The lowest BCUT2D eigenvalue weighted by Gasteiger charge is -2.16. The summed E-state index contributed by atoms with van der Waals surface area (Å²) in [5.74, 6) is -0.858. The van der Waals surface area contributed by atoms with Gasteiger partial charge in [0.2, 0.25) is 5.88 Å². The Kier molecular flexibility index (Phi) is 7.19. The molecule has 0 bridgehead atoms. The van der Waals surface area contributed by atoms with E-state index in [1.54, 1.807) is 36.5 Å². The second-order valence-corrected chi connectivity index (χ2v) is 10.7. The van der Waals surface area contributed by atoms with Gasteiger partial charge in [-0.2, -0.15) is 5.26 Å². The number of nitriles is 1. The van der Waals surface area contributed by atoms with E-state index in [2.05, 4.69) is 9.97 Å². The maximum atomic E-state index is 14.2. The highest BCUT2D eigenvalue weighted by molar-refractivity contribution is 5.92. The molecular formula is C32H25F2N5O4. The van der Waals surface area contributed by atoms with Gasteiger partial charge in [-0.3, -0.25) is 9.18 Å². The minimum absolute atomic E-state index is 0.0890. The van der Waals surface area contributed by atoms with Gasteiger partial charge in [0.25, 0.3) is 5.56 Å². The first-order chi connectivity index (χ1) is 20.8. The van der Waals surface area contributed by atoms with Gasteiger partial charge in [-0.15, -0.1) is 0 Å². The molecule has 3 aromatic heterocycles. The quantitative estimate of drug-likeness (QED) is 0.236. The summed E-state index contributed by atoms with van der Waals surface area (Å²) in [7, 11) is 0. The molecule has 6 rings (SSSR count). The van der Waals surface area contributed by atoms with E-state index in [1.165, 1.54) is 34.9 Å². The number of fused-ring (bicyclic) bond motifs is 1. The second-order valence-electron chi connectivity index (χ2n) is 10.7. The molecule has 43 heavy (non-hydrogen) atoms. The zero-order chi connectivity index (χ0) is 30.1. The molecule has 2 aromatic carbocycles. The smallest absolute Gasteiger partial charge is 0.335 e. The summed E-state index contributed by atoms with van der Waals surface area (Å²) in [6, 6.07) is 18.9. The average molecular weight is 582 g/mol. The van der Waals surface area contributed by atoms with Crippen LogP contribution in [0, 0.1) is 22.6 Å². The van der Waals surface area contributed by atoms with Crippen molar-refractivity contribution in [1.82, 2.24) is 19.1 Å². The summed E-state index contributed by atoms with van der Waals surface area (Å²) in [5.41, 5.74) is 1.96. The van der Waals surface area contributed by atoms with E-state index in [1.807, 2.05) is 10.6 Å². The lowest BCUT2D eigenvalue weighted by molar-refractivity contribution is 0.0697. The van der Waals surface area contributed by atoms with Crippen LogP contribution in [0.3, 0.4) is 0 Å². The molecule has 5 aromatic rings. The Labute approximate surface area is 244 Å². The fraction of sp³-hybridized carbons (Fsp3) is 0.219. The van der Waals surface area contributed by atoms with Gasteiger partial charge in [-0.05, 0) is 55.3 Å². The number of carbonyl (C=O) groups is 1. The van der Waals surface area contributed by atoms with Crippen LogP contribution in [0.15, 0.2) is 77.7 Å². The van der Waals surface area contributed by atoms with Crippen LogP contribution in [0.5, 0.6) is 5.88 Å². The number of alkyl halides is 1. The van der Waals surface area contributed by atoms with Crippen LogP contribution in [0.25, 0.3) is 22.3 Å². The maximum absolute atomic E-state index is 14.2. The molecule has 11 heteroatoms. The zero-order valence-electron chi connectivity index (χ0n) is 22.8. The van der Waals surface area contributed by atoms with Crippen LogP contribution in [-0.2, 0) is 19.7 Å². The van der Waals surface area contributed by atoms with Gasteiger partial charge < -0.3 is 19.0 Å². The number of nitrogens with zero attached hydrogens (tertiary/aromatic N) is 5. The summed E-state index contributed by atoms with van der Waals surface area (Å²) in [4.78, 5) is 33.9. The van der Waals surface area contributed by atoms with Crippen molar-refractivity contribution in [2.24, 2.45) is 5.41 Å². The first-order valence-electron chi connectivity index (χ1n) is 13.6. The number of carboxylic acids is 1. The molecule has 9 nitrogen and oxygen atoms in total. The third kappa shape index (κ3) is 5.72. The third-order valence-electron chi connectivity index (χ3n) is 7.69. The molecule has 0 atom stereocenters. The molecule has 0 aliphatic heterocycles. The topological polar surface area (TPSA) is 123 Å². The SMILES string of the molecule is N#Cc1ccc(COc2cccc(-c3ccn(Cc4nc5ccc(C(=O)O)cc5n4CC4(CF)CC4)c(=O)c3)n2)c(F)c1. The Balaban J connectivity index is 1.24. The van der Waals surface area contributed by atoms with Gasteiger partial charge in [0.05, 0.1) is 47.1 Å². The molecule has 1 aliphatic carbocycles. The van der Waals surface area contributed by atoms with Crippen molar-refractivity contribution in [1.29, 1.82) is 5.26 Å². The van der Waals surface area contributed by atoms with Gasteiger partial charge in [-0.25, -0.2) is 19.2 Å². The number of rotatable bonds is 10. The Hall–Kier alpha value is -5.37. The highest BCUT2D eigenvalue weighted by Crippen LogP contribution is 2.48. The largest absolute Gasteiger partial charge is 0.478 e. The summed E-state index contributed by atoms with van der Waals surface area (Å²) in [6.07, 6.45) is 3.08. The van der Waals surface area contributed by atoms with Crippen molar-refractivity contribution < 1.29 is 23.4 Å². The zero-order valence-corrected chi connectivity index (χ0v) is 22.8. The molecular weight excluding hydrogens is 556 g/mol. The highest BCUT2D eigenvalue weighted by Gasteiger charge is 2.43. The fourth-order valence-corrected chi connectivity index (χ4v) is 4.94. The number of aromatic carboxylic acids is 1. The molecule has 1 aliphatic rings. The predicted octanol–water partition coefficient (Wildman–Crippen LogP) is 5.35. The number of hydrogen-bond donors (Lipinski definition) is 1. The molecule has 1 saturated carbocycles. The van der Waals surface area contributed by atoms with Crippen molar-refractivity contribution >= 4 is 17.0 Å². The number of imidazole rings is 1. The van der Waals surface area contributed by atoms with E-state index in [4.69, 9.17) is 10.00 Å². The van der Waals surface area contributed by atoms with Crippen molar-refractivity contribution in [3.8, 4) is 23.2 Å². The first-order valence-corrected chi connectivity index (χ1v) is 13.6. The number of pyridine rings is 2. The molecule has 0 amide bonds. The van der Waals surface area contributed by atoms with Crippen LogP contribution in [0.1, 0.15) is 40.2 Å². The van der Waals surface area contributed by atoms with E-state index < -0.39 is 23.9 Å². The molecule has 1 fully saturated rings. The highest BCUT2D eigenvalue weighted by atomic mass is 19.1. The van der Waals surface area contributed by atoms with Gasteiger partial charge >= 0.3 is 5.97 Å². The Morgan fingerprint density at radius 3 is 2.63 bits per heavy atom. The van der Waals surface area contributed by atoms with Crippen LogP contribution >= 0.6 is 0 Å². The number of ether oxygens (including phenoxy) is 1. The molecule has 3 heterocycles. The number of benzene rings is 2. The molecule has 1 N–H and O–H groups in total. The molecule has 0 unspecified atom stereocenters. The Morgan fingerprint density at radius 2 is 1.93 bits per heavy atom. The average Bonchev–Trinajstić information content (AvgIpc) is 3.72. The number of hydrogen-bond acceptors (Lipinski definition) is 6. The fourth-order valence-electron chi connectivity index (χ4n) is 4.94. The van der Waals surface area contributed by atoms with Gasteiger partial charge in [0.15, 0.2) is 0 Å². The molecule has 0 saturated heterocycles. The van der Waals surface area contributed by atoms with Crippen LogP contribution in [0.4, 0.5) is 8.78 Å². The molecule has 0 radical (unpaired) electrons. The van der Waals surface area contributed by atoms with Crippen molar-refractivity contribution in [2.75, 3.05) is 6.67 Å². The minimum atomic E-state index is -1.07. The number of halogens is 2. The second kappa shape index (κ2) is 11.1. The lowest BCUT2D eigenvalue weighted by Crippen LogP contribution is -2.23. The van der Waals surface area contributed by atoms with E-state index in [0.717, 1.165) is 18.9 Å². The molecule has 0 spiro atoms. The van der Waals surface area contributed by atoms with E-state index in [0.29, 0.717) is 34.7 Å². The lowest BCUT2D eigenvalue weighted by atomic mass is 10.1. The summed E-state index contributed by atoms with van der Waals surface area (Å²) in [5, 5.41) is 18.4. The van der Waals surface area contributed by atoms with E-state index >= 15 is 0 Å². The monoisotopic (exact) mass is 581 g/mol. The Morgan fingerprint density at radius 1 is 1.09 bits per heavy atom. The standard InChI is InChI=1S/C32H25F2N5O4/c33-18-32(9-10-32)19-39-27-13-22(31(41)42)6-7-26(27)36-28(39)16-38-11-8-21(14-30(38)40)25-2-1-3-29(37-25)43-17-23-5-4-20(15-35)12-24(23)34/h1-8,11-14H,9-10,16-19H2,(H,41,42). The first kappa shape index (κ1) is 27.8. The van der Waals surface area contributed by atoms with Gasteiger partial charge in [0.1, 0.15) is 18.2 Å². The number of aromatic nitrogens is 4. The molecule has 216 valence electrons. The van der Waals surface area contributed by atoms with Crippen LogP contribution in [-0.4, -0.2) is 36.9 Å². The minimum Gasteiger partial charge on any atom is -0.478 e. The predicted molar refractivity (Wildman–Crippen MR) is 153 cm³/mol. The summed E-state index contributed by atoms with van der Waals surface area (Å²) in [6.45, 7) is -0.134. The van der Waals surface area contributed by atoms with Crippen molar-refractivity contribution in [3.63, 3.8) is 0 Å². The maximum Gasteiger partial charge on any atom is 0.335 e. The van der Waals surface area contributed by atoms with E-state index in [9.17, 15) is 23.5 Å². The normalized spacial score (nSPS) is 13.5. The van der Waals surface area contributed by atoms with Crippen LogP contribution in [0.2, 0.25) is 0 Å². The summed E-state index contributed by atoms with van der Waals surface area (Å²) < 4.78 is 37.0. The van der Waals surface area contributed by atoms with Crippen molar-refractivity contribution in [2.45, 2.75) is 32.5 Å². The van der Waals surface area contributed by atoms with Crippen molar-refractivity contribution in [3.05, 3.63) is 112 Å². The number of carboxylic acid groups (broad SMARTS) is 1. The van der Waals surface area contributed by atoms with E-state index in [-0.39, 0.29) is 41.3 Å². The van der Waals surface area contributed by atoms with Gasteiger partial charge in [0, 0.05) is 41.4 Å².